The molecule has 17 heteroatoms. The molecule has 0 radical (unpaired) electrons. The third-order valence-corrected chi connectivity index (χ3v) is 5.69. The van der Waals surface area contributed by atoms with Crippen LogP contribution in [0.3, 0.4) is 0 Å². The van der Waals surface area contributed by atoms with E-state index in [2.05, 4.69) is 9.97 Å². The molecule has 47 heavy (non-hydrogen) atoms. The number of pyridine rings is 2. The Bertz CT molecular complexity index is 1670. The molecule has 0 unspecified atom stereocenters. The second-order valence-electron chi connectivity index (χ2n) is 9.32. The van der Waals surface area contributed by atoms with Crippen LogP contribution in [0.4, 0.5) is 46.5 Å². The molecule has 0 aliphatic carbocycles. The van der Waals surface area contributed by atoms with Crippen LogP contribution in [0, 0.1) is 11.6 Å². The average molecular weight is 693 g/mol. The number of nitrogens with two attached hydrogens (primary N) is 2. The monoisotopic (exact) mass is 692 g/mol. The third kappa shape index (κ3) is 14.8. The molecule has 0 spiro atoms. The Balaban J connectivity index is 0.000000273. The van der Waals surface area contributed by atoms with Crippen molar-refractivity contribution in [1.82, 2.24) is 9.97 Å². The molecule has 8 nitrogen and oxygen atoms in total. The summed E-state index contributed by atoms with van der Waals surface area (Å²) >= 11 is 5.56. The molecule has 4 rings (SSSR count). The highest BCUT2D eigenvalue weighted by Crippen LogP contribution is 2.27. The molecule has 0 aliphatic rings. The van der Waals surface area contributed by atoms with Gasteiger partial charge in [0.15, 0.2) is 34.7 Å². The highest BCUT2D eigenvalue weighted by Gasteiger charge is 2.29. The summed E-state index contributed by atoms with van der Waals surface area (Å²) in [6.45, 7) is 0. The maximum absolute atomic E-state index is 13.6. The number of halogens is 9. The zero-order chi connectivity index (χ0) is 35.4. The minimum atomic E-state index is -4.42. The van der Waals surface area contributed by atoms with Gasteiger partial charge in [0.25, 0.3) is 0 Å². The van der Waals surface area contributed by atoms with Crippen molar-refractivity contribution in [2.45, 2.75) is 38.0 Å². The van der Waals surface area contributed by atoms with Gasteiger partial charge < -0.3 is 21.3 Å². The predicted octanol–water partition coefficient (Wildman–Crippen LogP) is 8.49. The molecule has 5 N–H and O–H groups in total. The lowest BCUT2D eigenvalue weighted by atomic mass is 10.1. The van der Waals surface area contributed by atoms with Gasteiger partial charge in [-0.1, -0.05) is 11.6 Å². The minimum absolute atomic E-state index is 0.0354. The van der Waals surface area contributed by atoms with Crippen LogP contribution >= 0.6 is 11.6 Å². The van der Waals surface area contributed by atoms with Gasteiger partial charge in [0.05, 0.1) is 12.8 Å². The number of anilines is 2. The Morgan fingerprint density at radius 3 is 1.68 bits per heavy atom. The van der Waals surface area contributed by atoms with Gasteiger partial charge in [0, 0.05) is 59.8 Å². The van der Waals surface area contributed by atoms with Crippen LogP contribution in [0.15, 0.2) is 73.1 Å². The summed E-state index contributed by atoms with van der Waals surface area (Å²) in [5.74, 6) is -3.23. The number of aromatic nitrogens is 2. The molecule has 252 valence electrons. The summed E-state index contributed by atoms with van der Waals surface area (Å²) in [5, 5.41) is 8.89. The molecule has 0 aliphatic heterocycles. The highest BCUT2D eigenvalue weighted by molar-refractivity contribution is 6.30. The number of hydrogen-bond donors (Lipinski definition) is 3. The second kappa shape index (κ2) is 17.1. The van der Waals surface area contributed by atoms with Crippen molar-refractivity contribution in [2.24, 2.45) is 0 Å². The molecule has 0 saturated carbocycles. The van der Waals surface area contributed by atoms with Gasteiger partial charge in [-0.3, -0.25) is 19.6 Å². The van der Waals surface area contributed by atoms with E-state index in [9.17, 15) is 44.7 Å². The number of Topliss-reactive ketones (excluding diaryl/α,β-unsaturated/α-hetero) is 2. The standard InChI is InChI=1S/C15H12F4N2O2.C9H7ClF3NO.C6H6FNO/c16-11-7-9(20)1-2-14(11)23-10-4-6-21-12(8-10)13(22)3-5-15(17,18)19;10-6-2-4-14-7(5-6)8(15)1-3-9(11,12)13;7-5-3-4(8)1-2-6(5)9/h1-2,4,6-8H,3,5,20H2;2,4-5H,1,3H2;1-3,9H,8H2. The number of carbonyl (C=O) groups is 2. The van der Waals surface area contributed by atoms with Gasteiger partial charge in [0.1, 0.15) is 17.1 Å². The van der Waals surface area contributed by atoms with Gasteiger partial charge in [-0.15, -0.1) is 0 Å². The van der Waals surface area contributed by atoms with Gasteiger partial charge in [-0.25, -0.2) is 8.78 Å². The smallest absolute Gasteiger partial charge is 0.389 e. The first-order valence-electron chi connectivity index (χ1n) is 13.1. The number of rotatable bonds is 8. The van der Waals surface area contributed by atoms with Crippen molar-refractivity contribution in [1.29, 1.82) is 0 Å². The molecule has 0 atom stereocenters. The van der Waals surface area contributed by atoms with Crippen LogP contribution in [0.25, 0.3) is 0 Å². The maximum atomic E-state index is 13.6. The van der Waals surface area contributed by atoms with Crippen molar-refractivity contribution >= 4 is 34.5 Å². The van der Waals surface area contributed by atoms with E-state index in [-0.39, 0.29) is 39.3 Å². The van der Waals surface area contributed by atoms with Gasteiger partial charge in [-0.2, -0.15) is 26.3 Å². The minimum Gasteiger partial charge on any atom is -0.505 e. The van der Waals surface area contributed by atoms with Crippen molar-refractivity contribution in [2.75, 3.05) is 11.5 Å². The molecule has 0 bridgehead atoms. The molecule has 0 fully saturated rings. The predicted molar refractivity (Wildman–Crippen MR) is 156 cm³/mol. The first-order chi connectivity index (χ1) is 21.8. The fourth-order valence-electron chi connectivity index (χ4n) is 3.20. The molecule has 0 amide bonds. The zero-order valence-corrected chi connectivity index (χ0v) is 24.6. The topological polar surface area (TPSA) is 141 Å². The van der Waals surface area contributed by atoms with Crippen molar-refractivity contribution < 1.29 is 54.6 Å². The number of nitrogens with zero attached hydrogens (tertiary/aromatic N) is 2. The molecule has 2 aromatic heterocycles. The third-order valence-electron chi connectivity index (χ3n) is 5.45. The normalized spacial score (nSPS) is 11.0. The maximum Gasteiger partial charge on any atom is 0.389 e. The van der Waals surface area contributed by atoms with E-state index >= 15 is 0 Å². The van der Waals surface area contributed by atoms with Crippen molar-refractivity contribution in [3.05, 3.63) is 101 Å². The fraction of sp³-hybridized carbons (Fsp3) is 0.200. The van der Waals surface area contributed by atoms with Crippen LogP contribution in [0.1, 0.15) is 46.7 Å². The molecular formula is C30H25ClF8N4O4. The first-order valence-corrected chi connectivity index (χ1v) is 13.4. The Morgan fingerprint density at radius 2 is 1.21 bits per heavy atom. The Kier molecular flexibility index (Phi) is 13.9. The average Bonchev–Trinajstić information content (AvgIpc) is 2.98. The van der Waals surface area contributed by atoms with Crippen LogP contribution in [0.5, 0.6) is 17.2 Å². The number of aromatic hydroxyl groups is 1. The zero-order valence-electron chi connectivity index (χ0n) is 23.9. The number of phenolic OH excluding ortho intramolecular Hbond substituents is 1. The number of benzene rings is 2. The second-order valence-corrected chi connectivity index (χ2v) is 9.75. The van der Waals surface area contributed by atoms with Crippen LogP contribution in [-0.2, 0) is 0 Å². The number of alkyl halides is 6. The van der Waals surface area contributed by atoms with Crippen molar-refractivity contribution in [3.63, 3.8) is 0 Å². The van der Waals surface area contributed by atoms with E-state index in [0.29, 0.717) is 5.69 Å². The summed E-state index contributed by atoms with van der Waals surface area (Å²) in [6, 6.07) is 12.7. The van der Waals surface area contributed by atoms with E-state index in [1.807, 2.05) is 0 Å². The van der Waals surface area contributed by atoms with E-state index in [0.717, 1.165) is 18.2 Å². The van der Waals surface area contributed by atoms with Gasteiger partial charge in [-0.05, 0) is 42.5 Å². The molecule has 0 saturated heterocycles. The number of hydrogen-bond acceptors (Lipinski definition) is 8. The summed E-state index contributed by atoms with van der Waals surface area (Å²) in [4.78, 5) is 30.3. The summed E-state index contributed by atoms with van der Waals surface area (Å²) in [6.07, 6.45) is -9.95. The number of phenols is 1. The Morgan fingerprint density at radius 1 is 0.723 bits per heavy atom. The highest BCUT2D eigenvalue weighted by atomic mass is 35.5. The molecule has 2 aromatic carbocycles. The number of ketones is 2. The lowest BCUT2D eigenvalue weighted by molar-refractivity contribution is -0.134. The lowest BCUT2D eigenvalue weighted by Gasteiger charge is -2.09. The molecular weight excluding hydrogens is 668 g/mol. The number of carbonyl (C=O) groups excluding carboxylic acids is 2. The Labute approximate surface area is 267 Å². The summed E-state index contributed by atoms with van der Waals surface area (Å²) in [5.41, 5.74) is 10.9. The Hall–Kier alpha value is -4.99. The van der Waals surface area contributed by atoms with E-state index in [1.54, 1.807) is 0 Å². The number of ether oxygens (including phenoxy) is 1. The first kappa shape index (κ1) is 38.2. The van der Waals surface area contributed by atoms with Gasteiger partial charge >= 0.3 is 12.4 Å². The van der Waals surface area contributed by atoms with Crippen LogP contribution in [0.2, 0.25) is 5.02 Å². The fourth-order valence-corrected chi connectivity index (χ4v) is 3.36. The van der Waals surface area contributed by atoms with Crippen molar-refractivity contribution in [3.8, 4) is 17.2 Å². The SMILES string of the molecule is Nc1ccc(O)c(F)c1.Nc1ccc(Oc2ccnc(C(=O)CCC(F)(F)F)c2)c(F)c1.O=C(CCC(F)(F)F)c1cc(Cl)ccn1. The number of nitrogen functional groups attached to an aromatic ring is 2. The summed E-state index contributed by atoms with van der Waals surface area (Å²) in [7, 11) is 0. The van der Waals surface area contributed by atoms with E-state index in [1.165, 1.54) is 54.9 Å². The van der Waals surface area contributed by atoms with E-state index in [4.69, 9.17) is 32.9 Å². The van der Waals surface area contributed by atoms with Crippen LogP contribution in [-0.4, -0.2) is 39.0 Å². The lowest BCUT2D eigenvalue weighted by Crippen LogP contribution is -2.11. The van der Waals surface area contributed by atoms with Crippen LogP contribution < -0.4 is 16.2 Å². The quantitative estimate of drug-likeness (QED) is 0.0723. The summed E-state index contributed by atoms with van der Waals surface area (Å²) < 4.78 is 103. The van der Waals surface area contributed by atoms with E-state index < -0.39 is 61.2 Å². The largest absolute Gasteiger partial charge is 0.505 e. The van der Waals surface area contributed by atoms with Gasteiger partial charge in [0.2, 0.25) is 0 Å². The molecule has 2 heterocycles. The molecule has 4 aromatic rings.